The highest BCUT2D eigenvalue weighted by Crippen LogP contribution is 2.34. The molecular weight excluding hydrogens is 136 g/mol. The Balaban J connectivity index is 2.13. The van der Waals surface area contributed by atoms with Crippen molar-refractivity contribution in [3.05, 3.63) is 12.2 Å². The number of Topliss-reactive ketones (excluding diaryl/α,β-unsaturated/α-hetero) is 1. The molecule has 2 aliphatic carbocycles. The molecule has 2 rings (SSSR count). The Morgan fingerprint density at radius 2 is 2.27 bits per heavy atom. The van der Waals surface area contributed by atoms with E-state index in [4.69, 9.17) is 0 Å². The third kappa shape index (κ3) is 1.24. The van der Waals surface area contributed by atoms with Crippen LogP contribution in [0.25, 0.3) is 0 Å². The van der Waals surface area contributed by atoms with Crippen molar-refractivity contribution in [3.8, 4) is 0 Å². The van der Waals surface area contributed by atoms with Crippen LogP contribution in [0, 0.1) is 11.8 Å². The van der Waals surface area contributed by atoms with Crippen molar-refractivity contribution in [2.24, 2.45) is 11.8 Å². The molecule has 0 saturated heterocycles. The van der Waals surface area contributed by atoms with E-state index in [0.29, 0.717) is 17.6 Å². The zero-order valence-corrected chi connectivity index (χ0v) is 6.75. The Morgan fingerprint density at radius 1 is 1.36 bits per heavy atom. The number of carbonyl (C=O) groups is 1. The van der Waals surface area contributed by atoms with E-state index in [-0.39, 0.29) is 0 Å². The largest absolute Gasteiger partial charge is 0.299 e. The van der Waals surface area contributed by atoms with Crippen LogP contribution in [0.2, 0.25) is 0 Å². The molecule has 1 fully saturated rings. The molecule has 11 heavy (non-hydrogen) atoms. The fraction of sp³-hybridized carbons (Fsp3) is 0.700. The quantitative estimate of drug-likeness (QED) is 0.484. The Hall–Kier alpha value is -0.590. The summed E-state index contributed by atoms with van der Waals surface area (Å²) in [6.45, 7) is 0. The van der Waals surface area contributed by atoms with Crippen molar-refractivity contribution in [2.75, 3.05) is 0 Å². The molecule has 0 unspecified atom stereocenters. The predicted octanol–water partition coefficient (Wildman–Crippen LogP) is 2.32. The molecule has 1 heteroatoms. The first-order valence-corrected chi connectivity index (χ1v) is 4.57. The minimum Gasteiger partial charge on any atom is -0.299 e. The summed E-state index contributed by atoms with van der Waals surface area (Å²) in [4.78, 5) is 11.5. The summed E-state index contributed by atoms with van der Waals surface area (Å²) in [5, 5.41) is 0. The second kappa shape index (κ2) is 2.80. The molecule has 0 amide bonds. The molecule has 0 aromatic carbocycles. The minimum atomic E-state index is 0.373. The van der Waals surface area contributed by atoms with Crippen LogP contribution in [0.3, 0.4) is 0 Å². The molecule has 0 aromatic rings. The van der Waals surface area contributed by atoms with E-state index in [9.17, 15) is 4.79 Å². The third-order valence-electron chi connectivity index (χ3n) is 2.91. The lowest BCUT2D eigenvalue weighted by molar-refractivity contribution is -0.123. The highest BCUT2D eigenvalue weighted by atomic mass is 16.1. The standard InChI is InChI=1S/C10H14O/c11-10-7-2-1-4-8-5-3-6-9(8)10/h3,5,8-9H,1-2,4,6-7H2/t8-,9+/m0/s1. The van der Waals surface area contributed by atoms with Crippen LogP contribution >= 0.6 is 0 Å². The van der Waals surface area contributed by atoms with Crippen LogP contribution in [0.15, 0.2) is 12.2 Å². The number of carbonyl (C=O) groups excluding carboxylic acids is 1. The van der Waals surface area contributed by atoms with Gasteiger partial charge in [0.15, 0.2) is 0 Å². The van der Waals surface area contributed by atoms with Crippen LogP contribution in [0.4, 0.5) is 0 Å². The number of ketones is 1. The monoisotopic (exact) mass is 150 g/mol. The minimum absolute atomic E-state index is 0.373. The third-order valence-corrected chi connectivity index (χ3v) is 2.91. The summed E-state index contributed by atoms with van der Waals surface area (Å²) >= 11 is 0. The summed E-state index contributed by atoms with van der Waals surface area (Å²) in [5.74, 6) is 1.49. The van der Waals surface area contributed by atoms with Crippen LogP contribution < -0.4 is 0 Å². The zero-order chi connectivity index (χ0) is 7.68. The molecule has 1 nitrogen and oxygen atoms in total. The highest BCUT2D eigenvalue weighted by molar-refractivity contribution is 5.82. The van der Waals surface area contributed by atoms with E-state index in [1.54, 1.807) is 0 Å². The first-order chi connectivity index (χ1) is 5.38. The molecule has 0 aliphatic heterocycles. The van der Waals surface area contributed by atoms with Gasteiger partial charge in [0.05, 0.1) is 0 Å². The Morgan fingerprint density at radius 3 is 3.18 bits per heavy atom. The van der Waals surface area contributed by atoms with Gasteiger partial charge in [-0.05, 0) is 25.2 Å². The highest BCUT2D eigenvalue weighted by Gasteiger charge is 2.30. The van der Waals surface area contributed by atoms with Crippen molar-refractivity contribution in [1.29, 1.82) is 0 Å². The average molecular weight is 150 g/mol. The fourth-order valence-electron chi connectivity index (χ4n) is 2.24. The van der Waals surface area contributed by atoms with E-state index < -0.39 is 0 Å². The molecule has 0 spiro atoms. The van der Waals surface area contributed by atoms with Crippen molar-refractivity contribution in [1.82, 2.24) is 0 Å². The van der Waals surface area contributed by atoms with E-state index in [1.165, 1.54) is 12.8 Å². The van der Waals surface area contributed by atoms with E-state index in [2.05, 4.69) is 12.2 Å². The van der Waals surface area contributed by atoms with Crippen molar-refractivity contribution >= 4 is 5.78 Å². The van der Waals surface area contributed by atoms with Gasteiger partial charge in [0.1, 0.15) is 5.78 Å². The van der Waals surface area contributed by atoms with Crippen molar-refractivity contribution < 1.29 is 4.79 Å². The molecule has 0 aromatic heterocycles. The molecule has 60 valence electrons. The fourth-order valence-corrected chi connectivity index (χ4v) is 2.24. The van der Waals surface area contributed by atoms with E-state index >= 15 is 0 Å². The van der Waals surface area contributed by atoms with Gasteiger partial charge < -0.3 is 0 Å². The lowest BCUT2D eigenvalue weighted by Gasteiger charge is -2.12. The maximum atomic E-state index is 11.5. The molecule has 1 saturated carbocycles. The summed E-state index contributed by atoms with van der Waals surface area (Å²) in [5.41, 5.74) is 0. The van der Waals surface area contributed by atoms with Gasteiger partial charge in [0.2, 0.25) is 0 Å². The van der Waals surface area contributed by atoms with Crippen LogP contribution in [-0.4, -0.2) is 5.78 Å². The topological polar surface area (TPSA) is 17.1 Å². The zero-order valence-electron chi connectivity index (χ0n) is 6.75. The first kappa shape index (κ1) is 7.08. The van der Waals surface area contributed by atoms with Crippen molar-refractivity contribution in [2.45, 2.75) is 32.1 Å². The molecule has 0 heterocycles. The van der Waals surface area contributed by atoms with Crippen LogP contribution in [0.1, 0.15) is 32.1 Å². The first-order valence-electron chi connectivity index (χ1n) is 4.57. The van der Waals surface area contributed by atoms with Crippen molar-refractivity contribution in [3.63, 3.8) is 0 Å². The molecular formula is C10H14O. The number of hydrogen-bond acceptors (Lipinski definition) is 1. The lowest BCUT2D eigenvalue weighted by Crippen LogP contribution is -2.16. The molecule has 0 bridgehead atoms. The van der Waals surface area contributed by atoms with E-state index in [1.807, 2.05) is 0 Å². The lowest BCUT2D eigenvalue weighted by atomic mass is 9.90. The summed E-state index contributed by atoms with van der Waals surface area (Å²) in [6.07, 6.45) is 9.89. The molecule has 0 N–H and O–H groups in total. The number of hydrogen-bond donors (Lipinski definition) is 0. The summed E-state index contributed by atoms with van der Waals surface area (Å²) in [6, 6.07) is 0. The number of rotatable bonds is 0. The molecule has 2 atom stereocenters. The van der Waals surface area contributed by atoms with Crippen LogP contribution in [-0.2, 0) is 4.79 Å². The maximum absolute atomic E-state index is 11.5. The average Bonchev–Trinajstić information content (AvgIpc) is 2.40. The van der Waals surface area contributed by atoms with Gasteiger partial charge in [0.25, 0.3) is 0 Å². The van der Waals surface area contributed by atoms with Gasteiger partial charge in [-0.2, -0.15) is 0 Å². The molecule has 0 radical (unpaired) electrons. The molecule has 2 aliphatic rings. The summed E-state index contributed by atoms with van der Waals surface area (Å²) < 4.78 is 0. The second-order valence-corrected chi connectivity index (χ2v) is 3.65. The SMILES string of the molecule is O=C1CCCC[C@H]2C=CC[C@@H]12. The van der Waals surface area contributed by atoms with Crippen LogP contribution in [0.5, 0.6) is 0 Å². The Bertz CT molecular complexity index is 193. The maximum Gasteiger partial charge on any atom is 0.136 e. The van der Waals surface area contributed by atoms with Gasteiger partial charge in [-0.3, -0.25) is 4.79 Å². The van der Waals surface area contributed by atoms with Gasteiger partial charge in [-0.1, -0.05) is 18.6 Å². The van der Waals surface area contributed by atoms with E-state index in [0.717, 1.165) is 19.3 Å². The Labute approximate surface area is 67.5 Å². The Kier molecular flexibility index (Phi) is 1.80. The second-order valence-electron chi connectivity index (χ2n) is 3.65. The van der Waals surface area contributed by atoms with Gasteiger partial charge in [0, 0.05) is 12.3 Å². The van der Waals surface area contributed by atoms with Gasteiger partial charge in [-0.25, -0.2) is 0 Å². The normalized spacial score (nSPS) is 36.9. The smallest absolute Gasteiger partial charge is 0.136 e. The number of fused-ring (bicyclic) bond motifs is 1. The van der Waals surface area contributed by atoms with Gasteiger partial charge in [-0.15, -0.1) is 0 Å². The van der Waals surface area contributed by atoms with Gasteiger partial charge >= 0.3 is 0 Å². The number of allylic oxidation sites excluding steroid dienone is 2. The predicted molar refractivity (Wildman–Crippen MR) is 44.2 cm³/mol. The summed E-state index contributed by atoms with van der Waals surface area (Å²) in [7, 11) is 0.